The number of aryl methyl sites for hydroxylation is 2. The normalized spacial score (nSPS) is 18.2. The average molecular weight is 295 g/mol. The minimum atomic E-state index is 0.670. The number of aromatic nitrogens is 2. The lowest BCUT2D eigenvalue weighted by Gasteiger charge is -2.29. The van der Waals surface area contributed by atoms with E-state index in [9.17, 15) is 0 Å². The van der Waals surface area contributed by atoms with E-state index >= 15 is 0 Å². The Morgan fingerprint density at radius 2 is 1.73 bits per heavy atom. The lowest BCUT2D eigenvalue weighted by atomic mass is 10.1. The van der Waals surface area contributed by atoms with E-state index in [0.717, 1.165) is 12.6 Å². The van der Waals surface area contributed by atoms with E-state index in [1.54, 1.807) is 11.1 Å². The maximum Gasteiger partial charge on any atom is 0.0641 e. The maximum atomic E-state index is 4.60. The molecule has 4 rings (SSSR count). The molecule has 1 aromatic heterocycles. The second-order valence-electron chi connectivity index (χ2n) is 7.01. The Hall–Kier alpha value is -1.61. The Morgan fingerprint density at radius 1 is 1.09 bits per heavy atom. The van der Waals surface area contributed by atoms with Crippen molar-refractivity contribution in [2.75, 3.05) is 0 Å². The molecule has 0 atom stereocenters. The average Bonchev–Trinajstić information content (AvgIpc) is 3.19. The minimum Gasteiger partial charge on any atom is -0.292 e. The highest BCUT2D eigenvalue weighted by atomic mass is 15.3. The zero-order chi connectivity index (χ0) is 15.3. The molecular formula is C19H25N3. The topological polar surface area (TPSA) is 21.1 Å². The highest BCUT2D eigenvalue weighted by Gasteiger charge is 2.37. The summed E-state index contributed by atoms with van der Waals surface area (Å²) in [6.07, 6.45) is 5.16. The van der Waals surface area contributed by atoms with Gasteiger partial charge in [-0.3, -0.25) is 9.58 Å². The van der Waals surface area contributed by atoms with Gasteiger partial charge in [0, 0.05) is 36.9 Å². The van der Waals surface area contributed by atoms with Crippen LogP contribution in [0.4, 0.5) is 0 Å². The summed E-state index contributed by atoms with van der Waals surface area (Å²) >= 11 is 0. The van der Waals surface area contributed by atoms with Crippen LogP contribution in [0.25, 0.3) is 0 Å². The smallest absolute Gasteiger partial charge is 0.0641 e. The largest absolute Gasteiger partial charge is 0.292 e. The van der Waals surface area contributed by atoms with Crippen LogP contribution in [0.1, 0.15) is 40.9 Å². The number of hydrogen-bond acceptors (Lipinski definition) is 2. The standard InChI is InChI=1S/C19H25N3/c1-13-19(14(2)21(3)20-13)12-22(17-8-9-17)18-10-15-6-4-5-7-16(15)11-18/h4-7,17-18H,8-12H2,1-3H3. The van der Waals surface area contributed by atoms with Gasteiger partial charge in [0.2, 0.25) is 0 Å². The number of benzene rings is 1. The van der Waals surface area contributed by atoms with Crippen LogP contribution in [0.5, 0.6) is 0 Å². The third kappa shape index (κ3) is 2.38. The summed E-state index contributed by atoms with van der Waals surface area (Å²) in [5, 5.41) is 4.60. The molecule has 2 aromatic rings. The van der Waals surface area contributed by atoms with E-state index in [1.165, 1.54) is 42.6 Å². The van der Waals surface area contributed by atoms with Crippen LogP contribution < -0.4 is 0 Å². The van der Waals surface area contributed by atoms with Gasteiger partial charge in [-0.25, -0.2) is 0 Å². The van der Waals surface area contributed by atoms with E-state index in [2.05, 4.69) is 55.2 Å². The van der Waals surface area contributed by atoms with Crippen LogP contribution >= 0.6 is 0 Å². The minimum absolute atomic E-state index is 0.670. The van der Waals surface area contributed by atoms with Crippen molar-refractivity contribution in [3.63, 3.8) is 0 Å². The summed E-state index contributed by atoms with van der Waals surface area (Å²) in [6.45, 7) is 5.41. The SMILES string of the molecule is Cc1nn(C)c(C)c1CN(C1CC1)C1Cc2ccccc2C1. The summed E-state index contributed by atoms with van der Waals surface area (Å²) < 4.78 is 2.03. The molecule has 2 aliphatic rings. The number of fused-ring (bicyclic) bond motifs is 1. The maximum absolute atomic E-state index is 4.60. The predicted octanol–water partition coefficient (Wildman–Crippen LogP) is 3.17. The molecule has 1 aromatic carbocycles. The van der Waals surface area contributed by atoms with Crippen molar-refractivity contribution in [1.29, 1.82) is 0 Å². The van der Waals surface area contributed by atoms with Crippen molar-refractivity contribution in [2.24, 2.45) is 7.05 Å². The Labute approximate surface area is 132 Å². The first-order chi connectivity index (χ1) is 10.6. The lowest BCUT2D eigenvalue weighted by molar-refractivity contribution is 0.181. The van der Waals surface area contributed by atoms with Crippen molar-refractivity contribution in [2.45, 2.75) is 58.2 Å². The third-order valence-corrected chi connectivity index (χ3v) is 5.51. The molecule has 0 aliphatic heterocycles. The zero-order valence-corrected chi connectivity index (χ0v) is 13.8. The van der Waals surface area contributed by atoms with Crippen LogP contribution in [-0.4, -0.2) is 26.8 Å². The van der Waals surface area contributed by atoms with Gasteiger partial charge in [-0.1, -0.05) is 24.3 Å². The molecule has 0 spiro atoms. The van der Waals surface area contributed by atoms with Gasteiger partial charge in [0.25, 0.3) is 0 Å². The van der Waals surface area contributed by atoms with Crippen LogP contribution in [-0.2, 0) is 26.4 Å². The van der Waals surface area contributed by atoms with Crippen molar-refractivity contribution in [3.05, 3.63) is 52.3 Å². The van der Waals surface area contributed by atoms with Crippen LogP contribution in [0, 0.1) is 13.8 Å². The highest BCUT2D eigenvalue weighted by molar-refractivity contribution is 5.34. The molecule has 0 saturated heterocycles. The fourth-order valence-corrected chi connectivity index (χ4v) is 3.96. The molecule has 1 heterocycles. The fourth-order valence-electron chi connectivity index (χ4n) is 3.96. The van der Waals surface area contributed by atoms with Gasteiger partial charge in [-0.15, -0.1) is 0 Å². The van der Waals surface area contributed by atoms with Gasteiger partial charge in [-0.2, -0.15) is 5.10 Å². The highest BCUT2D eigenvalue weighted by Crippen LogP contribution is 2.36. The monoisotopic (exact) mass is 295 g/mol. The summed E-state index contributed by atoms with van der Waals surface area (Å²) in [6, 6.07) is 10.4. The Kier molecular flexibility index (Phi) is 3.33. The molecule has 0 radical (unpaired) electrons. The van der Waals surface area contributed by atoms with E-state index < -0.39 is 0 Å². The molecular weight excluding hydrogens is 270 g/mol. The van der Waals surface area contributed by atoms with Gasteiger partial charge in [0.1, 0.15) is 0 Å². The first-order valence-electron chi connectivity index (χ1n) is 8.45. The lowest BCUT2D eigenvalue weighted by Crippen LogP contribution is -2.37. The van der Waals surface area contributed by atoms with Crippen LogP contribution in [0.3, 0.4) is 0 Å². The van der Waals surface area contributed by atoms with Crippen molar-refractivity contribution >= 4 is 0 Å². The molecule has 0 amide bonds. The summed E-state index contributed by atoms with van der Waals surface area (Å²) in [7, 11) is 2.05. The Morgan fingerprint density at radius 3 is 2.23 bits per heavy atom. The molecule has 0 bridgehead atoms. The second kappa shape index (κ2) is 5.24. The van der Waals surface area contributed by atoms with Crippen molar-refractivity contribution in [3.8, 4) is 0 Å². The second-order valence-corrected chi connectivity index (χ2v) is 7.01. The molecule has 0 unspecified atom stereocenters. The van der Waals surface area contributed by atoms with Crippen LogP contribution in [0.15, 0.2) is 24.3 Å². The molecule has 3 nitrogen and oxygen atoms in total. The quantitative estimate of drug-likeness (QED) is 0.864. The fraction of sp³-hybridized carbons (Fsp3) is 0.526. The molecule has 1 saturated carbocycles. The summed E-state index contributed by atoms with van der Waals surface area (Å²) in [5.41, 5.74) is 7.06. The number of nitrogens with zero attached hydrogens (tertiary/aromatic N) is 3. The number of hydrogen-bond donors (Lipinski definition) is 0. The molecule has 116 valence electrons. The number of rotatable bonds is 4. The van der Waals surface area contributed by atoms with E-state index in [1.807, 2.05) is 4.68 Å². The third-order valence-electron chi connectivity index (χ3n) is 5.51. The van der Waals surface area contributed by atoms with Crippen molar-refractivity contribution in [1.82, 2.24) is 14.7 Å². The Balaban J connectivity index is 1.58. The van der Waals surface area contributed by atoms with Gasteiger partial charge in [0.15, 0.2) is 0 Å². The van der Waals surface area contributed by atoms with E-state index in [0.29, 0.717) is 6.04 Å². The van der Waals surface area contributed by atoms with Gasteiger partial charge in [-0.05, 0) is 50.7 Å². The molecule has 1 fully saturated rings. The Bertz CT molecular complexity index is 672. The first kappa shape index (κ1) is 14.0. The molecule has 3 heteroatoms. The van der Waals surface area contributed by atoms with E-state index in [4.69, 9.17) is 0 Å². The van der Waals surface area contributed by atoms with Gasteiger partial charge < -0.3 is 0 Å². The summed E-state index contributed by atoms with van der Waals surface area (Å²) in [5.74, 6) is 0. The van der Waals surface area contributed by atoms with Gasteiger partial charge >= 0.3 is 0 Å². The predicted molar refractivity (Wildman–Crippen MR) is 88.9 cm³/mol. The molecule has 0 N–H and O–H groups in total. The van der Waals surface area contributed by atoms with Crippen molar-refractivity contribution < 1.29 is 0 Å². The summed E-state index contributed by atoms with van der Waals surface area (Å²) in [4.78, 5) is 2.76. The zero-order valence-electron chi connectivity index (χ0n) is 13.8. The molecule has 2 aliphatic carbocycles. The molecule has 22 heavy (non-hydrogen) atoms. The first-order valence-corrected chi connectivity index (χ1v) is 8.45. The van der Waals surface area contributed by atoms with Gasteiger partial charge in [0.05, 0.1) is 5.69 Å². The van der Waals surface area contributed by atoms with Crippen LogP contribution in [0.2, 0.25) is 0 Å². The van der Waals surface area contributed by atoms with E-state index in [-0.39, 0.29) is 0 Å².